The molecule has 9 N–H and O–H groups in total. The van der Waals surface area contributed by atoms with Gasteiger partial charge in [-0.2, -0.15) is 4.98 Å². The Bertz CT molecular complexity index is 1730. The van der Waals surface area contributed by atoms with E-state index in [1.165, 1.54) is 28.8 Å². The van der Waals surface area contributed by atoms with Gasteiger partial charge in [0.2, 0.25) is 5.95 Å². The minimum absolute atomic E-state index is 0.00707. The first-order valence-electron chi connectivity index (χ1n) is 13.0. The summed E-state index contributed by atoms with van der Waals surface area (Å²) in [6.07, 6.45) is -5.81. The molecule has 238 valence electrons. The standard InChI is InChI=1S/C22H29N10O10PS/c1-25-15(23)9-16(26-2)31(6-27-9)20-13-14(35)22(41-20,4-38-13)5-39-43(37,44)42-12-11(34)8(3-33)40-19(12)32-7-28-10-17(32)29-21(24)30-18(10)36/h6-8,11-14,19-20,33-35H,2-5H2,1H3,(H2,23,25)(H,37,44)(H3,24,29,30,36)/t8-,11?,12?,13?,14?,19-,20-,22-,43?/m1/s1. The molecular weight excluding hydrogens is 627 g/mol. The Kier molecular flexibility index (Phi) is 7.91. The summed E-state index contributed by atoms with van der Waals surface area (Å²) in [4.78, 5) is 45.9. The van der Waals surface area contributed by atoms with Crippen LogP contribution in [-0.2, 0) is 35.1 Å². The number of H-pyrrole nitrogens is 1. The van der Waals surface area contributed by atoms with E-state index in [1.807, 2.05) is 0 Å². The average Bonchev–Trinajstić information content (AvgIpc) is 3.80. The minimum atomic E-state index is -4.23. The van der Waals surface area contributed by atoms with E-state index in [1.54, 1.807) is 0 Å². The van der Waals surface area contributed by atoms with Crippen LogP contribution in [0.5, 0.6) is 0 Å². The Balaban J connectivity index is 1.22. The first-order valence-corrected chi connectivity index (χ1v) is 15.6. The van der Waals surface area contributed by atoms with Gasteiger partial charge in [0.1, 0.15) is 47.7 Å². The van der Waals surface area contributed by atoms with Gasteiger partial charge in [-0.1, -0.05) is 0 Å². The molecule has 6 rings (SSSR count). The maximum atomic E-state index is 12.3. The van der Waals surface area contributed by atoms with E-state index in [-0.39, 0.29) is 41.1 Å². The lowest BCUT2D eigenvalue weighted by atomic mass is 10.0. The van der Waals surface area contributed by atoms with Crippen molar-refractivity contribution >= 4 is 54.0 Å². The van der Waals surface area contributed by atoms with Crippen LogP contribution in [0.3, 0.4) is 0 Å². The van der Waals surface area contributed by atoms with Crippen molar-refractivity contribution in [1.82, 2.24) is 29.1 Å². The molecule has 9 atom stereocenters. The van der Waals surface area contributed by atoms with Crippen LogP contribution in [0, 0.1) is 0 Å². The SMILES string of the molecule is C=Nc1c(C(N)=NC)ncn1[C@@H]1O[C@@]2(COP(O)(=S)OC3C(O)[C@@H](CO)O[C@H]3n3cnc4c(=O)[nH]c(N)nc43)COC1C2O. The van der Waals surface area contributed by atoms with Gasteiger partial charge in [0.15, 0.2) is 29.4 Å². The van der Waals surface area contributed by atoms with Gasteiger partial charge in [-0.05, 0) is 18.5 Å². The molecule has 2 bridgehead atoms. The fourth-order valence-corrected chi connectivity index (χ4v) is 6.87. The molecule has 3 aromatic rings. The minimum Gasteiger partial charge on any atom is -0.394 e. The van der Waals surface area contributed by atoms with Crippen molar-refractivity contribution in [1.29, 1.82) is 0 Å². The summed E-state index contributed by atoms with van der Waals surface area (Å²) in [5.41, 5.74) is 9.66. The summed E-state index contributed by atoms with van der Waals surface area (Å²) >= 11 is 5.25. The number of amidine groups is 1. The van der Waals surface area contributed by atoms with Gasteiger partial charge < -0.3 is 50.4 Å². The molecule has 0 amide bonds. The molecule has 3 saturated heterocycles. The topological polar surface area (TPSA) is 285 Å². The Morgan fingerprint density at radius 2 is 2.09 bits per heavy atom. The van der Waals surface area contributed by atoms with Crippen LogP contribution in [0.1, 0.15) is 18.1 Å². The smallest absolute Gasteiger partial charge is 0.325 e. The third-order valence-electron chi connectivity index (χ3n) is 7.63. The lowest BCUT2D eigenvalue weighted by Gasteiger charge is -2.33. The fraction of sp³-hybridized carbons (Fsp3) is 0.545. The zero-order valence-electron chi connectivity index (χ0n) is 22.9. The number of rotatable bonds is 10. The normalized spacial score (nSPS) is 33.3. The number of nitrogens with two attached hydrogens (primary N) is 2. The van der Waals surface area contributed by atoms with E-state index in [9.17, 15) is 25.0 Å². The quantitative estimate of drug-likeness (QED) is 0.0657. The van der Waals surface area contributed by atoms with Crippen LogP contribution >= 0.6 is 6.72 Å². The number of fused-ring (bicyclic) bond motifs is 3. The first kappa shape index (κ1) is 30.8. The molecule has 0 spiro atoms. The molecule has 0 aromatic carbocycles. The van der Waals surface area contributed by atoms with Crippen molar-refractivity contribution in [3.63, 3.8) is 0 Å². The lowest BCUT2D eigenvalue weighted by Crippen LogP contribution is -2.45. The number of aliphatic imine (C=N–C) groups is 2. The number of anilines is 1. The van der Waals surface area contributed by atoms with Crippen LogP contribution in [-0.4, -0.2) is 125 Å². The van der Waals surface area contributed by atoms with Crippen LogP contribution in [0.15, 0.2) is 27.4 Å². The van der Waals surface area contributed by atoms with Gasteiger partial charge in [0.25, 0.3) is 5.56 Å². The molecule has 3 aromatic heterocycles. The number of hydrogen-bond donors (Lipinski definition) is 7. The van der Waals surface area contributed by atoms with Crippen molar-refractivity contribution < 1.29 is 43.5 Å². The summed E-state index contributed by atoms with van der Waals surface area (Å²) in [6, 6.07) is 0. The monoisotopic (exact) mass is 656 g/mol. The highest BCUT2D eigenvalue weighted by Gasteiger charge is 2.63. The molecule has 44 heavy (non-hydrogen) atoms. The molecule has 6 heterocycles. The molecule has 3 fully saturated rings. The van der Waals surface area contributed by atoms with Crippen LogP contribution in [0.25, 0.3) is 11.2 Å². The number of aromatic nitrogens is 6. The Labute approximate surface area is 252 Å². The predicted molar refractivity (Wildman–Crippen MR) is 154 cm³/mol. The molecule has 0 saturated carbocycles. The number of aromatic amines is 1. The Hall–Kier alpha value is -3.21. The number of hydrogen-bond acceptors (Lipinski definition) is 16. The molecule has 3 aliphatic rings. The number of imidazole rings is 2. The van der Waals surface area contributed by atoms with Gasteiger partial charge >= 0.3 is 6.72 Å². The zero-order chi connectivity index (χ0) is 31.6. The molecule has 5 unspecified atom stereocenters. The van der Waals surface area contributed by atoms with Gasteiger partial charge in [0.05, 0.1) is 32.5 Å². The number of ether oxygens (including phenoxy) is 3. The summed E-state index contributed by atoms with van der Waals surface area (Å²) in [5, 5.41) is 31.7. The van der Waals surface area contributed by atoms with Crippen molar-refractivity contribution in [3.05, 3.63) is 28.7 Å². The van der Waals surface area contributed by atoms with Crippen molar-refractivity contribution in [2.24, 2.45) is 15.7 Å². The fourth-order valence-electron chi connectivity index (χ4n) is 5.43. The Morgan fingerprint density at radius 3 is 2.80 bits per heavy atom. The van der Waals surface area contributed by atoms with E-state index in [2.05, 4.69) is 36.6 Å². The van der Waals surface area contributed by atoms with Crippen molar-refractivity contribution in [3.8, 4) is 0 Å². The second kappa shape index (κ2) is 11.3. The van der Waals surface area contributed by atoms with Crippen molar-refractivity contribution in [2.75, 3.05) is 32.6 Å². The number of nitrogen functional groups attached to an aromatic ring is 1. The number of nitrogens with zero attached hydrogens (tertiary/aromatic N) is 7. The van der Waals surface area contributed by atoms with Gasteiger partial charge in [0, 0.05) is 7.05 Å². The molecule has 3 aliphatic heterocycles. The lowest BCUT2D eigenvalue weighted by molar-refractivity contribution is -0.184. The summed E-state index contributed by atoms with van der Waals surface area (Å²) < 4.78 is 31.8. The number of aliphatic hydroxyl groups is 3. The second-order valence-corrected chi connectivity index (χ2v) is 13.0. The molecule has 22 heteroatoms. The summed E-state index contributed by atoms with van der Waals surface area (Å²) in [6.45, 7) is -1.90. The van der Waals surface area contributed by atoms with Crippen LogP contribution < -0.4 is 17.0 Å². The molecule has 0 radical (unpaired) electrons. The number of nitrogens with one attached hydrogen (secondary N) is 1. The maximum Gasteiger partial charge on any atom is 0.325 e. The molecular formula is C22H29N10O10PS. The molecule has 0 aliphatic carbocycles. The third kappa shape index (κ3) is 4.95. The Morgan fingerprint density at radius 1 is 1.34 bits per heavy atom. The zero-order valence-corrected chi connectivity index (χ0v) is 24.6. The predicted octanol–water partition coefficient (Wildman–Crippen LogP) is -2.84. The van der Waals surface area contributed by atoms with Gasteiger partial charge in [-0.15, -0.1) is 0 Å². The van der Waals surface area contributed by atoms with E-state index >= 15 is 0 Å². The first-order chi connectivity index (χ1) is 20.9. The van der Waals surface area contributed by atoms with Gasteiger partial charge in [-0.3, -0.25) is 28.4 Å². The van der Waals surface area contributed by atoms with Gasteiger partial charge in [-0.25, -0.2) is 15.0 Å². The second-order valence-electron chi connectivity index (χ2n) is 10.2. The molecule has 20 nitrogen and oxygen atoms in total. The highest BCUT2D eigenvalue weighted by Crippen LogP contribution is 2.53. The maximum absolute atomic E-state index is 12.3. The number of aliphatic hydroxyl groups excluding tert-OH is 3. The summed E-state index contributed by atoms with van der Waals surface area (Å²) in [5.74, 6) is 0.142. The summed E-state index contributed by atoms with van der Waals surface area (Å²) in [7, 11) is 1.49. The average molecular weight is 657 g/mol. The van der Waals surface area contributed by atoms with Crippen molar-refractivity contribution in [2.45, 2.75) is 48.6 Å². The highest BCUT2D eigenvalue weighted by atomic mass is 32.5. The van der Waals surface area contributed by atoms with Crippen LogP contribution in [0.4, 0.5) is 11.8 Å². The van der Waals surface area contributed by atoms with E-state index in [0.29, 0.717) is 0 Å². The van der Waals surface area contributed by atoms with E-state index < -0.39 is 74.1 Å². The van der Waals surface area contributed by atoms with Crippen LogP contribution in [0.2, 0.25) is 0 Å². The third-order valence-corrected chi connectivity index (χ3v) is 9.17. The van der Waals surface area contributed by atoms with E-state index in [4.69, 9.17) is 46.5 Å². The largest absolute Gasteiger partial charge is 0.394 e. The van der Waals surface area contributed by atoms with E-state index in [0.717, 1.165) is 0 Å². The highest BCUT2D eigenvalue weighted by molar-refractivity contribution is 8.07.